The van der Waals surface area contributed by atoms with Crippen molar-refractivity contribution in [2.75, 3.05) is 7.11 Å². The molecule has 0 spiro atoms. The van der Waals surface area contributed by atoms with Crippen molar-refractivity contribution >= 4 is 10.0 Å². The molecule has 3 rings (SSSR count). The Bertz CT molecular complexity index is 980. The summed E-state index contributed by atoms with van der Waals surface area (Å²) in [6.45, 7) is 9.78. The van der Waals surface area contributed by atoms with E-state index in [0.717, 1.165) is 16.9 Å². The summed E-state index contributed by atoms with van der Waals surface area (Å²) in [6, 6.07) is 10.8. The smallest absolute Gasteiger partial charge is 0.241 e. The Morgan fingerprint density at radius 1 is 1.21 bits per heavy atom. The van der Waals surface area contributed by atoms with Gasteiger partial charge in [0.2, 0.25) is 10.0 Å². The summed E-state index contributed by atoms with van der Waals surface area (Å²) in [5, 5.41) is 0. The topological polar surface area (TPSA) is 64.6 Å². The molecule has 0 radical (unpaired) electrons. The highest BCUT2D eigenvalue weighted by Crippen LogP contribution is 2.40. The van der Waals surface area contributed by atoms with Gasteiger partial charge in [-0.1, -0.05) is 32.0 Å². The first-order chi connectivity index (χ1) is 13.0. The molecule has 2 aromatic rings. The van der Waals surface area contributed by atoms with Crippen LogP contribution in [0, 0.1) is 6.92 Å². The van der Waals surface area contributed by atoms with Gasteiger partial charge in [0.25, 0.3) is 0 Å². The van der Waals surface area contributed by atoms with Gasteiger partial charge in [0.15, 0.2) is 0 Å². The van der Waals surface area contributed by atoms with Gasteiger partial charge in [-0.15, -0.1) is 0 Å². The minimum atomic E-state index is -3.73. The van der Waals surface area contributed by atoms with Crippen molar-refractivity contribution in [2.24, 2.45) is 0 Å². The average molecular weight is 404 g/mol. The maximum Gasteiger partial charge on any atom is 0.241 e. The largest absolute Gasteiger partial charge is 0.496 e. The molecule has 2 aromatic carbocycles. The van der Waals surface area contributed by atoms with Crippen LogP contribution >= 0.6 is 0 Å². The van der Waals surface area contributed by atoms with Crippen LogP contribution in [0.15, 0.2) is 41.3 Å². The van der Waals surface area contributed by atoms with Gasteiger partial charge >= 0.3 is 0 Å². The molecule has 0 amide bonds. The SMILES string of the molecule is COc1cc(C)c(S(=O)(=O)N[C@H]2CC(C)(C)Oc3ccccc32)cc1C(C)C. The molecule has 0 saturated carbocycles. The van der Waals surface area contributed by atoms with Crippen molar-refractivity contribution in [3.8, 4) is 11.5 Å². The van der Waals surface area contributed by atoms with Crippen molar-refractivity contribution in [3.05, 3.63) is 53.1 Å². The van der Waals surface area contributed by atoms with Gasteiger partial charge in [0, 0.05) is 12.0 Å². The Hall–Kier alpha value is -2.05. The van der Waals surface area contributed by atoms with Crippen LogP contribution in [0.2, 0.25) is 0 Å². The van der Waals surface area contributed by atoms with E-state index in [2.05, 4.69) is 4.72 Å². The predicted octanol–water partition coefficient (Wildman–Crippen LogP) is 4.71. The number of hydrogen-bond donors (Lipinski definition) is 1. The number of sulfonamides is 1. The van der Waals surface area contributed by atoms with E-state index < -0.39 is 15.6 Å². The molecule has 0 fully saturated rings. The van der Waals surface area contributed by atoms with Gasteiger partial charge in [-0.3, -0.25) is 0 Å². The number of aryl methyl sites for hydroxylation is 1. The molecule has 0 bridgehead atoms. The first-order valence-corrected chi connectivity index (χ1v) is 11.0. The molecule has 0 aromatic heterocycles. The van der Waals surface area contributed by atoms with E-state index >= 15 is 0 Å². The highest BCUT2D eigenvalue weighted by Gasteiger charge is 2.36. The second kappa shape index (κ2) is 7.41. The Morgan fingerprint density at radius 2 is 1.89 bits per heavy atom. The maximum atomic E-state index is 13.3. The van der Waals surface area contributed by atoms with Crippen LogP contribution in [0.5, 0.6) is 11.5 Å². The molecule has 28 heavy (non-hydrogen) atoms. The number of methoxy groups -OCH3 is 1. The molecule has 152 valence electrons. The molecule has 0 unspecified atom stereocenters. The molecule has 1 aliphatic heterocycles. The van der Waals surface area contributed by atoms with Crippen LogP contribution < -0.4 is 14.2 Å². The Kier molecular flexibility index (Phi) is 5.47. The number of ether oxygens (including phenoxy) is 2. The van der Waals surface area contributed by atoms with E-state index in [1.807, 2.05) is 52.0 Å². The quantitative estimate of drug-likeness (QED) is 0.785. The molecular weight excluding hydrogens is 374 g/mol. The van der Waals surface area contributed by atoms with Gasteiger partial charge in [-0.2, -0.15) is 0 Å². The van der Waals surface area contributed by atoms with E-state index in [-0.39, 0.29) is 12.0 Å². The molecule has 1 heterocycles. The Balaban J connectivity index is 2.02. The molecule has 1 aliphatic rings. The molecular formula is C22H29NO4S. The molecule has 1 atom stereocenters. The summed E-state index contributed by atoms with van der Waals surface area (Å²) in [6.07, 6.45) is 0.551. The lowest BCUT2D eigenvalue weighted by molar-refractivity contribution is 0.0702. The first kappa shape index (κ1) is 20.7. The molecule has 5 nitrogen and oxygen atoms in total. The number of nitrogens with one attached hydrogen (secondary N) is 1. The molecule has 0 saturated heterocycles. The minimum absolute atomic E-state index is 0.146. The lowest BCUT2D eigenvalue weighted by Gasteiger charge is -2.37. The summed E-state index contributed by atoms with van der Waals surface area (Å²) < 4.78 is 41.0. The zero-order valence-electron chi connectivity index (χ0n) is 17.4. The Labute approximate surface area is 168 Å². The highest BCUT2D eigenvalue weighted by molar-refractivity contribution is 7.89. The zero-order valence-corrected chi connectivity index (χ0v) is 18.2. The second-order valence-electron chi connectivity index (χ2n) is 8.29. The number of benzene rings is 2. The number of para-hydroxylation sites is 1. The van der Waals surface area contributed by atoms with Gasteiger partial charge < -0.3 is 9.47 Å². The lowest BCUT2D eigenvalue weighted by Crippen LogP contribution is -2.41. The van der Waals surface area contributed by atoms with Crippen LogP contribution in [-0.4, -0.2) is 21.1 Å². The van der Waals surface area contributed by atoms with E-state index in [4.69, 9.17) is 9.47 Å². The van der Waals surface area contributed by atoms with E-state index in [9.17, 15) is 8.42 Å². The fourth-order valence-electron chi connectivity index (χ4n) is 3.75. The normalized spacial score (nSPS) is 18.5. The lowest BCUT2D eigenvalue weighted by atomic mass is 9.90. The van der Waals surface area contributed by atoms with E-state index in [0.29, 0.717) is 22.6 Å². The summed E-state index contributed by atoms with van der Waals surface area (Å²) >= 11 is 0. The molecule has 0 aliphatic carbocycles. The maximum absolute atomic E-state index is 13.3. The van der Waals surface area contributed by atoms with Crippen LogP contribution in [0.4, 0.5) is 0 Å². The van der Waals surface area contributed by atoms with Gasteiger partial charge in [-0.25, -0.2) is 13.1 Å². The monoisotopic (exact) mass is 403 g/mol. The fourth-order valence-corrected chi connectivity index (χ4v) is 5.23. The number of hydrogen-bond acceptors (Lipinski definition) is 4. The van der Waals surface area contributed by atoms with E-state index in [1.54, 1.807) is 26.2 Å². The summed E-state index contributed by atoms with van der Waals surface area (Å²) in [5.74, 6) is 1.58. The van der Waals surface area contributed by atoms with Crippen molar-refractivity contribution in [3.63, 3.8) is 0 Å². The Morgan fingerprint density at radius 3 is 2.54 bits per heavy atom. The highest BCUT2D eigenvalue weighted by atomic mass is 32.2. The third-order valence-electron chi connectivity index (χ3n) is 5.11. The molecule has 1 N–H and O–H groups in total. The first-order valence-electron chi connectivity index (χ1n) is 9.53. The van der Waals surface area contributed by atoms with Crippen molar-refractivity contribution in [2.45, 2.75) is 63.5 Å². The number of rotatable bonds is 5. The molecule has 6 heteroatoms. The van der Waals surface area contributed by atoms with E-state index in [1.165, 1.54) is 0 Å². The fraction of sp³-hybridized carbons (Fsp3) is 0.455. The van der Waals surface area contributed by atoms with Crippen LogP contribution in [0.1, 0.15) is 62.8 Å². The zero-order chi connectivity index (χ0) is 20.7. The van der Waals surface area contributed by atoms with Gasteiger partial charge in [0.1, 0.15) is 17.1 Å². The standard InChI is InChI=1S/C22H29NO4S/c1-14(2)17-12-21(15(3)11-20(17)26-6)28(24,25)23-18-13-22(4,5)27-19-10-8-7-9-16(18)19/h7-12,14,18,23H,13H2,1-6H3/t18-/m0/s1. The van der Waals surface area contributed by atoms with Gasteiger partial charge in [0.05, 0.1) is 18.0 Å². The number of fused-ring (bicyclic) bond motifs is 1. The van der Waals surface area contributed by atoms with Crippen molar-refractivity contribution in [1.82, 2.24) is 4.72 Å². The van der Waals surface area contributed by atoms with Crippen LogP contribution in [-0.2, 0) is 10.0 Å². The summed E-state index contributed by atoms with van der Waals surface area (Å²) in [4.78, 5) is 0.291. The average Bonchev–Trinajstić information content (AvgIpc) is 2.59. The van der Waals surface area contributed by atoms with Crippen LogP contribution in [0.3, 0.4) is 0 Å². The third-order valence-corrected chi connectivity index (χ3v) is 6.73. The summed E-state index contributed by atoms with van der Waals surface area (Å²) in [5.41, 5.74) is 1.94. The van der Waals surface area contributed by atoms with Crippen molar-refractivity contribution in [1.29, 1.82) is 0 Å². The predicted molar refractivity (Wildman–Crippen MR) is 111 cm³/mol. The minimum Gasteiger partial charge on any atom is -0.496 e. The second-order valence-corrected chi connectivity index (χ2v) is 9.97. The summed E-state index contributed by atoms with van der Waals surface area (Å²) in [7, 11) is -2.12. The van der Waals surface area contributed by atoms with Crippen LogP contribution in [0.25, 0.3) is 0 Å². The van der Waals surface area contributed by atoms with Crippen molar-refractivity contribution < 1.29 is 17.9 Å². The van der Waals surface area contributed by atoms with Gasteiger partial charge in [-0.05, 0) is 56.0 Å². The third kappa shape index (κ3) is 4.03.